The van der Waals surface area contributed by atoms with E-state index in [1.807, 2.05) is 13.8 Å². The van der Waals surface area contributed by atoms with Gasteiger partial charge in [0, 0.05) is 12.2 Å². The molecule has 0 unspecified atom stereocenters. The van der Waals surface area contributed by atoms with E-state index in [4.69, 9.17) is 0 Å². The van der Waals surface area contributed by atoms with E-state index in [2.05, 4.69) is 19.6 Å². The van der Waals surface area contributed by atoms with Crippen LogP contribution in [-0.4, -0.2) is 30.5 Å². The van der Waals surface area contributed by atoms with Crippen LogP contribution in [-0.2, 0) is 16.4 Å². The number of carbonyl (C=O) groups excluding carboxylic acids is 1. The highest BCUT2D eigenvalue weighted by Crippen LogP contribution is 2.17. The van der Waals surface area contributed by atoms with E-state index in [0.29, 0.717) is 29.2 Å². The molecule has 2 aromatic rings. The Labute approximate surface area is 139 Å². The van der Waals surface area contributed by atoms with Crippen molar-refractivity contribution in [2.75, 3.05) is 11.9 Å². The van der Waals surface area contributed by atoms with Crippen LogP contribution in [0.5, 0.6) is 0 Å². The van der Waals surface area contributed by atoms with Crippen molar-refractivity contribution in [1.29, 1.82) is 0 Å². The van der Waals surface area contributed by atoms with Gasteiger partial charge in [-0.05, 0) is 48.6 Å². The van der Waals surface area contributed by atoms with Gasteiger partial charge in [-0.15, -0.1) is 5.10 Å². The quantitative estimate of drug-likeness (QED) is 0.792. The molecule has 124 valence electrons. The lowest BCUT2D eigenvalue weighted by Gasteiger charge is -2.07. The van der Waals surface area contributed by atoms with Gasteiger partial charge in [0.15, 0.2) is 0 Å². The fraction of sp³-hybridized carbons (Fsp3) is 0.357. The third kappa shape index (κ3) is 4.34. The zero-order valence-corrected chi connectivity index (χ0v) is 14.5. The lowest BCUT2D eigenvalue weighted by Crippen LogP contribution is -2.24. The van der Waals surface area contributed by atoms with Crippen LogP contribution in [0.15, 0.2) is 29.2 Å². The highest BCUT2D eigenvalue weighted by Gasteiger charge is 2.16. The van der Waals surface area contributed by atoms with Gasteiger partial charge in [-0.1, -0.05) is 18.3 Å². The molecule has 0 radical (unpaired) electrons. The molecule has 0 aliphatic heterocycles. The molecule has 0 saturated carbocycles. The Kier molecular flexibility index (Phi) is 5.80. The van der Waals surface area contributed by atoms with Crippen molar-refractivity contribution in [3.05, 3.63) is 34.8 Å². The second-order valence-corrected chi connectivity index (χ2v) is 7.30. The Morgan fingerprint density at radius 1 is 1.22 bits per heavy atom. The number of hydrogen-bond donors (Lipinski definition) is 2. The molecule has 9 heteroatoms. The number of aryl methyl sites for hydroxylation is 1. The first kappa shape index (κ1) is 17.5. The SMILES string of the molecule is CCCNS(=O)(=O)c1ccc(NC(=O)c2snnc2CC)cc1. The van der Waals surface area contributed by atoms with Gasteiger partial charge >= 0.3 is 0 Å². The van der Waals surface area contributed by atoms with Gasteiger partial charge in [0.25, 0.3) is 5.91 Å². The van der Waals surface area contributed by atoms with Gasteiger partial charge in [-0.25, -0.2) is 13.1 Å². The van der Waals surface area contributed by atoms with E-state index in [-0.39, 0.29) is 10.8 Å². The van der Waals surface area contributed by atoms with E-state index in [1.54, 1.807) is 12.1 Å². The molecule has 0 bridgehead atoms. The van der Waals surface area contributed by atoms with E-state index >= 15 is 0 Å². The van der Waals surface area contributed by atoms with Crippen LogP contribution in [0.25, 0.3) is 0 Å². The van der Waals surface area contributed by atoms with Crippen LogP contribution in [0.4, 0.5) is 5.69 Å². The summed E-state index contributed by atoms with van der Waals surface area (Å²) in [5, 5.41) is 6.61. The molecule has 2 rings (SSSR count). The lowest BCUT2D eigenvalue weighted by molar-refractivity contribution is 0.102. The van der Waals surface area contributed by atoms with Crippen LogP contribution in [0.2, 0.25) is 0 Å². The third-order valence-electron chi connectivity index (χ3n) is 3.06. The molecule has 1 amide bonds. The molecule has 1 aromatic carbocycles. The first-order valence-corrected chi connectivity index (χ1v) is 9.46. The highest BCUT2D eigenvalue weighted by molar-refractivity contribution is 7.89. The summed E-state index contributed by atoms with van der Waals surface area (Å²) < 4.78 is 30.2. The van der Waals surface area contributed by atoms with E-state index in [9.17, 15) is 13.2 Å². The highest BCUT2D eigenvalue weighted by atomic mass is 32.2. The predicted octanol–water partition coefficient (Wildman–Crippen LogP) is 2.04. The van der Waals surface area contributed by atoms with Crippen molar-refractivity contribution in [2.45, 2.75) is 31.6 Å². The Hall–Kier alpha value is -1.84. The Balaban J connectivity index is 2.10. The number of aromatic nitrogens is 2. The largest absolute Gasteiger partial charge is 0.321 e. The summed E-state index contributed by atoms with van der Waals surface area (Å²) in [6.07, 6.45) is 1.34. The molecule has 2 N–H and O–H groups in total. The molecule has 1 aromatic heterocycles. The average Bonchev–Trinajstić information content (AvgIpc) is 3.02. The predicted molar refractivity (Wildman–Crippen MR) is 89.2 cm³/mol. The maximum absolute atomic E-state index is 12.2. The van der Waals surface area contributed by atoms with Crippen LogP contribution in [0.3, 0.4) is 0 Å². The first-order valence-electron chi connectivity index (χ1n) is 7.20. The zero-order chi connectivity index (χ0) is 16.9. The monoisotopic (exact) mass is 354 g/mol. The second kappa shape index (κ2) is 7.62. The summed E-state index contributed by atoms with van der Waals surface area (Å²) in [5.74, 6) is -0.295. The maximum atomic E-state index is 12.2. The van der Waals surface area contributed by atoms with Crippen molar-refractivity contribution < 1.29 is 13.2 Å². The van der Waals surface area contributed by atoms with Gasteiger partial charge in [-0.3, -0.25) is 4.79 Å². The molecule has 23 heavy (non-hydrogen) atoms. The standard InChI is InChI=1S/C14H18N4O3S2/c1-3-9-15-23(20,21)11-7-5-10(6-8-11)16-14(19)13-12(4-2)17-18-22-13/h5-8,15H,3-4,9H2,1-2H3,(H,16,19). The van der Waals surface area contributed by atoms with Crippen molar-refractivity contribution in [2.24, 2.45) is 0 Å². The number of rotatable bonds is 7. The van der Waals surface area contributed by atoms with Crippen molar-refractivity contribution >= 4 is 33.2 Å². The molecular weight excluding hydrogens is 336 g/mol. The third-order valence-corrected chi connectivity index (χ3v) is 5.31. The molecule has 7 nitrogen and oxygen atoms in total. The molecule has 0 saturated heterocycles. The fourth-order valence-corrected chi connectivity index (χ4v) is 3.62. The van der Waals surface area contributed by atoms with E-state index in [0.717, 1.165) is 18.0 Å². The minimum atomic E-state index is -3.50. The topological polar surface area (TPSA) is 101 Å². The minimum absolute atomic E-state index is 0.164. The van der Waals surface area contributed by atoms with Crippen molar-refractivity contribution in [3.63, 3.8) is 0 Å². The average molecular weight is 354 g/mol. The van der Waals surface area contributed by atoms with Crippen LogP contribution >= 0.6 is 11.5 Å². The molecule has 0 aliphatic carbocycles. The maximum Gasteiger partial charge on any atom is 0.269 e. The second-order valence-electron chi connectivity index (χ2n) is 4.78. The van der Waals surface area contributed by atoms with Gasteiger partial charge in [0.2, 0.25) is 10.0 Å². The zero-order valence-electron chi connectivity index (χ0n) is 12.9. The molecular formula is C14H18N4O3S2. The van der Waals surface area contributed by atoms with Gasteiger partial charge in [0.1, 0.15) is 4.88 Å². The van der Waals surface area contributed by atoms with Gasteiger partial charge < -0.3 is 5.32 Å². The number of carbonyl (C=O) groups is 1. The van der Waals surface area contributed by atoms with Crippen LogP contribution in [0.1, 0.15) is 35.6 Å². The normalized spacial score (nSPS) is 11.4. The molecule has 0 fully saturated rings. The van der Waals surface area contributed by atoms with Crippen molar-refractivity contribution in [3.8, 4) is 0 Å². The molecule has 0 atom stereocenters. The summed E-state index contributed by atoms with van der Waals surface area (Å²) in [4.78, 5) is 12.8. The summed E-state index contributed by atoms with van der Waals surface area (Å²) in [7, 11) is -3.50. The number of nitrogens with one attached hydrogen (secondary N) is 2. The minimum Gasteiger partial charge on any atom is -0.321 e. The number of nitrogens with zero attached hydrogens (tertiary/aromatic N) is 2. The Morgan fingerprint density at radius 3 is 2.52 bits per heavy atom. The van der Waals surface area contributed by atoms with Crippen molar-refractivity contribution in [1.82, 2.24) is 14.3 Å². The number of benzene rings is 1. The summed E-state index contributed by atoms with van der Waals surface area (Å²) >= 11 is 1.04. The summed E-state index contributed by atoms with van der Waals surface area (Å²) in [5.41, 5.74) is 1.16. The fourth-order valence-electron chi connectivity index (χ4n) is 1.84. The number of amides is 1. The lowest BCUT2D eigenvalue weighted by atomic mass is 10.2. The molecule has 0 spiro atoms. The van der Waals surface area contributed by atoms with E-state index in [1.165, 1.54) is 12.1 Å². The summed E-state index contributed by atoms with van der Waals surface area (Å²) in [6, 6.07) is 6.02. The molecule has 1 heterocycles. The Bertz CT molecular complexity index is 770. The summed E-state index contributed by atoms with van der Waals surface area (Å²) in [6.45, 7) is 4.18. The Morgan fingerprint density at radius 2 is 1.91 bits per heavy atom. The number of anilines is 1. The number of hydrogen-bond acceptors (Lipinski definition) is 6. The first-order chi connectivity index (χ1) is 11.0. The molecule has 0 aliphatic rings. The van der Waals surface area contributed by atoms with Crippen LogP contribution in [0, 0.1) is 0 Å². The smallest absolute Gasteiger partial charge is 0.269 e. The van der Waals surface area contributed by atoms with E-state index < -0.39 is 10.0 Å². The number of sulfonamides is 1. The van der Waals surface area contributed by atoms with Gasteiger partial charge in [-0.2, -0.15) is 0 Å². The van der Waals surface area contributed by atoms with Crippen LogP contribution < -0.4 is 10.0 Å². The van der Waals surface area contributed by atoms with Gasteiger partial charge in [0.05, 0.1) is 10.6 Å².